The number of anilines is 1. The molecule has 0 unspecified atom stereocenters. The second-order valence-electron chi connectivity index (χ2n) is 4.67. The van der Waals surface area contributed by atoms with Gasteiger partial charge in [-0.2, -0.15) is 0 Å². The molecule has 0 aromatic heterocycles. The van der Waals surface area contributed by atoms with Crippen molar-refractivity contribution in [2.75, 3.05) is 5.32 Å². The maximum atomic E-state index is 12.1. The van der Waals surface area contributed by atoms with E-state index in [2.05, 4.69) is 5.32 Å². The molecule has 0 aliphatic carbocycles. The number of nitrogens with one attached hydrogen (secondary N) is 1. The Kier molecular flexibility index (Phi) is 5.10. The number of carbonyl (C=O) groups is 1. The van der Waals surface area contributed by atoms with Crippen LogP contribution in [-0.2, 0) is 4.79 Å². The zero-order valence-corrected chi connectivity index (χ0v) is 13.2. The van der Waals surface area contributed by atoms with Crippen LogP contribution in [0.5, 0.6) is 5.75 Å². The van der Waals surface area contributed by atoms with Crippen molar-refractivity contribution in [3.05, 3.63) is 58.1 Å². The molecule has 0 saturated carbocycles. The molecular weight excluding hydrogens is 309 g/mol. The summed E-state index contributed by atoms with van der Waals surface area (Å²) in [5.41, 5.74) is 1.51. The normalized spacial score (nSPS) is 11.8. The van der Waals surface area contributed by atoms with Gasteiger partial charge in [-0.1, -0.05) is 41.4 Å². The number of amides is 1. The first-order valence-electron chi connectivity index (χ1n) is 6.45. The minimum absolute atomic E-state index is 0.267. The maximum Gasteiger partial charge on any atom is 0.265 e. The van der Waals surface area contributed by atoms with Crippen LogP contribution in [-0.4, -0.2) is 12.0 Å². The van der Waals surface area contributed by atoms with E-state index in [1.807, 2.05) is 31.2 Å². The molecule has 0 spiro atoms. The molecule has 0 bridgehead atoms. The van der Waals surface area contributed by atoms with Gasteiger partial charge in [-0.15, -0.1) is 0 Å². The predicted octanol–water partition coefficient (Wildman–Crippen LogP) is 4.71. The molecule has 2 rings (SSSR count). The van der Waals surface area contributed by atoms with Gasteiger partial charge in [0.25, 0.3) is 5.91 Å². The molecule has 0 aliphatic rings. The number of aryl methyl sites for hydroxylation is 1. The molecule has 1 amide bonds. The van der Waals surface area contributed by atoms with Gasteiger partial charge in [-0.3, -0.25) is 4.79 Å². The van der Waals surface area contributed by atoms with Crippen LogP contribution >= 0.6 is 23.2 Å². The monoisotopic (exact) mass is 323 g/mol. The van der Waals surface area contributed by atoms with E-state index < -0.39 is 6.10 Å². The summed E-state index contributed by atoms with van der Waals surface area (Å²) in [4.78, 5) is 12.1. The van der Waals surface area contributed by atoms with Crippen LogP contribution in [0, 0.1) is 6.92 Å². The smallest absolute Gasteiger partial charge is 0.265 e. The second kappa shape index (κ2) is 6.83. The summed E-state index contributed by atoms with van der Waals surface area (Å²) < 4.78 is 5.66. The van der Waals surface area contributed by atoms with E-state index in [0.29, 0.717) is 21.5 Å². The Bertz CT molecular complexity index is 638. The highest BCUT2D eigenvalue weighted by Crippen LogP contribution is 2.23. The maximum absolute atomic E-state index is 12.1. The molecule has 21 heavy (non-hydrogen) atoms. The molecule has 1 atom stereocenters. The lowest BCUT2D eigenvalue weighted by Gasteiger charge is -2.16. The fraction of sp³-hybridized carbons (Fsp3) is 0.188. The van der Waals surface area contributed by atoms with Crippen LogP contribution < -0.4 is 10.1 Å². The Hall–Kier alpha value is -1.71. The van der Waals surface area contributed by atoms with E-state index in [4.69, 9.17) is 27.9 Å². The molecule has 0 saturated heterocycles. The third kappa shape index (κ3) is 4.38. The highest BCUT2D eigenvalue weighted by Gasteiger charge is 2.16. The zero-order valence-electron chi connectivity index (χ0n) is 11.7. The van der Waals surface area contributed by atoms with Crippen LogP contribution in [0.3, 0.4) is 0 Å². The average Bonchev–Trinajstić information content (AvgIpc) is 2.40. The fourth-order valence-corrected chi connectivity index (χ4v) is 2.33. The molecule has 0 fully saturated rings. The third-order valence-electron chi connectivity index (χ3n) is 2.90. The molecule has 0 heterocycles. The number of hydrogen-bond donors (Lipinski definition) is 1. The van der Waals surface area contributed by atoms with Crippen molar-refractivity contribution in [3.8, 4) is 5.75 Å². The van der Waals surface area contributed by atoms with Crippen LogP contribution in [0.2, 0.25) is 10.0 Å². The van der Waals surface area contributed by atoms with E-state index >= 15 is 0 Å². The zero-order chi connectivity index (χ0) is 15.4. The first-order chi connectivity index (χ1) is 9.95. The van der Waals surface area contributed by atoms with Crippen LogP contribution in [0.15, 0.2) is 42.5 Å². The highest BCUT2D eigenvalue weighted by atomic mass is 35.5. The topological polar surface area (TPSA) is 38.3 Å². The van der Waals surface area contributed by atoms with E-state index in [9.17, 15) is 4.79 Å². The number of para-hydroxylation sites is 1. The van der Waals surface area contributed by atoms with Crippen molar-refractivity contribution in [2.45, 2.75) is 20.0 Å². The molecular formula is C16H15Cl2NO2. The van der Waals surface area contributed by atoms with E-state index in [-0.39, 0.29) is 5.91 Å². The largest absolute Gasteiger partial charge is 0.481 e. The van der Waals surface area contributed by atoms with Crippen molar-refractivity contribution in [3.63, 3.8) is 0 Å². The average molecular weight is 324 g/mol. The van der Waals surface area contributed by atoms with Crippen molar-refractivity contribution in [2.24, 2.45) is 0 Å². The Morgan fingerprint density at radius 3 is 2.38 bits per heavy atom. The molecule has 1 N–H and O–H groups in total. The predicted molar refractivity (Wildman–Crippen MR) is 86.4 cm³/mol. The Labute approximate surface area is 133 Å². The minimum Gasteiger partial charge on any atom is -0.481 e. The van der Waals surface area contributed by atoms with Gasteiger partial charge >= 0.3 is 0 Å². The summed E-state index contributed by atoms with van der Waals surface area (Å²) >= 11 is 11.8. The summed E-state index contributed by atoms with van der Waals surface area (Å²) in [7, 11) is 0. The molecule has 2 aromatic rings. The molecule has 110 valence electrons. The number of ether oxygens (including phenoxy) is 1. The lowest BCUT2D eigenvalue weighted by molar-refractivity contribution is -0.122. The summed E-state index contributed by atoms with van der Waals surface area (Å²) in [5.74, 6) is 0.417. The van der Waals surface area contributed by atoms with Gasteiger partial charge in [0.15, 0.2) is 6.10 Å². The summed E-state index contributed by atoms with van der Waals surface area (Å²) in [6, 6.07) is 12.4. The lowest BCUT2D eigenvalue weighted by atomic mass is 10.2. The molecule has 0 radical (unpaired) electrons. The van der Waals surface area contributed by atoms with Crippen molar-refractivity contribution >= 4 is 34.8 Å². The lowest BCUT2D eigenvalue weighted by Crippen LogP contribution is -2.30. The summed E-state index contributed by atoms with van der Waals surface area (Å²) in [6.45, 7) is 3.62. The van der Waals surface area contributed by atoms with Gasteiger partial charge in [0.1, 0.15) is 5.75 Å². The molecule has 3 nitrogen and oxygen atoms in total. The number of hydrogen-bond acceptors (Lipinski definition) is 2. The standard InChI is InChI=1S/C16H15Cl2NO2/c1-10-5-3-4-6-15(10)21-11(2)16(20)19-14-8-12(17)7-13(18)9-14/h3-9,11H,1-2H3,(H,19,20)/t11-/m1/s1. The van der Waals surface area contributed by atoms with Crippen LogP contribution in [0.4, 0.5) is 5.69 Å². The second-order valence-corrected chi connectivity index (χ2v) is 5.55. The van der Waals surface area contributed by atoms with Gasteiger partial charge in [0.05, 0.1) is 0 Å². The first kappa shape index (κ1) is 15.7. The Balaban J connectivity index is 2.04. The molecule has 2 aromatic carbocycles. The van der Waals surface area contributed by atoms with E-state index in [1.165, 1.54) is 0 Å². The van der Waals surface area contributed by atoms with Gasteiger partial charge in [-0.25, -0.2) is 0 Å². The van der Waals surface area contributed by atoms with Crippen molar-refractivity contribution in [1.29, 1.82) is 0 Å². The fourth-order valence-electron chi connectivity index (χ4n) is 1.80. The highest BCUT2D eigenvalue weighted by molar-refractivity contribution is 6.35. The first-order valence-corrected chi connectivity index (χ1v) is 7.20. The van der Waals surface area contributed by atoms with Gasteiger partial charge < -0.3 is 10.1 Å². The number of carbonyl (C=O) groups excluding carboxylic acids is 1. The Morgan fingerprint density at radius 2 is 1.76 bits per heavy atom. The summed E-state index contributed by atoms with van der Waals surface area (Å²) in [5, 5.41) is 3.66. The van der Waals surface area contributed by atoms with Gasteiger partial charge in [0, 0.05) is 15.7 Å². The number of halogens is 2. The van der Waals surface area contributed by atoms with E-state index in [1.54, 1.807) is 25.1 Å². The molecule has 0 aliphatic heterocycles. The molecule has 5 heteroatoms. The summed E-state index contributed by atoms with van der Waals surface area (Å²) in [6.07, 6.45) is -0.635. The van der Waals surface area contributed by atoms with Gasteiger partial charge in [0.2, 0.25) is 0 Å². The quantitative estimate of drug-likeness (QED) is 0.885. The van der Waals surface area contributed by atoms with Crippen LogP contribution in [0.25, 0.3) is 0 Å². The Morgan fingerprint density at radius 1 is 1.14 bits per heavy atom. The minimum atomic E-state index is -0.635. The van der Waals surface area contributed by atoms with Gasteiger partial charge in [-0.05, 0) is 43.7 Å². The van der Waals surface area contributed by atoms with Crippen molar-refractivity contribution in [1.82, 2.24) is 0 Å². The van der Waals surface area contributed by atoms with Crippen LogP contribution in [0.1, 0.15) is 12.5 Å². The number of rotatable bonds is 4. The number of benzene rings is 2. The van der Waals surface area contributed by atoms with E-state index in [0.717, 1.165) is 5.56 Å². The van der Waals surface area contributed by atoms with Crippen molar-refractivity contribution < 1.29 is 9.53 Å². The third-order valence-corrected chi connectivity index (χ3v) is 3.33. The SMILES string of the molecule is Cc1ccccc1O[C@H](C)C(=O)Nc1cc(Cl)cc(Cl)c1.